The Morgan fingerprint density at radius 2 is 2.18 bits per heavy atom. The van der Waals surface area contributed by atoms with Crippen LogP contribution in [0.5, 0.6) is 5.75 Å². The number of methoxy groups -OCH3 is 1. The first-order valence-corrected chi connectivity index (χ1v) is 5.75. The summed E-state index contributed by atoms with van der Waals surface area (Å²) >= 11 is 0. The molecule has 1 aromatic carbocycles. The molecule has 2 N–H and O–H groups in total. The van der Waals surface area contributed by atoms with Crippen molar-refractivity contribution in [2.24, 2.45) is 5.73 Å². The quantitative estimate of drug-likeness (QED) is 0.809. The van der Waals surface area contributed by atoms with Crippen LogP contribution in [-0.2, 0) is 10.3 Å². The van der Waals surface area contributed by atoms with Crippen molar-refractivity contribution in [1.82, 2.24) is 0 Å². The number of hydrogen-bond acceptors (Lipinski definition) is 4. The summed E-state index contributed by atoms with van der Waals surface area (Å²) < 4.78 is 10.2. The Hall–Kier alpha value is -1.55. The predicted molar refractivity (Wildman–Crippen MR) is 64.0 cm³/mol. The van der Waals surface area contributed by atoms with Crippen molar-refractivity contribution in [3.63, 3.8) is 0 Å². The summed E-state index contributed by atoms with van der Waals surface area (Å²) in [7, 11) is 1.61. The van der Waals surface area contributed by atoms with Crippen LogP contribution in [0.25, 0.3) is 0 Å². The van der Waals surface area contributed by atoms with Gasteiger partial charge in [-0.15, -0.1) is 0 Å². The fraction of sp³-hybridized carbons (Fsp3) is 0.462. The van der Waals surface area contributed by atoms with Gasteiger partial charge in [-0.2, -0.15) is 0 Å². The zero-order valence-electron chi connectivity index (χ0n) is 10.2. The van der Waals surface area contributed by atoms with Gasteiger partial charge in [0.2, 0.25) is 0 Å². The Labute approximate surface area is 101 Å². The first kappa shape index (κ1) is 11.9. The molecule has 1 saturated carbocycles. The van der Waals surface area contributed by atoms with Crippen molar-refractivity contribution in [3.05, 3.63) is 29.3 Å². The zero-order valence-corrected chi connectivity index (χ0v) is 10.2. The Morgan fingerprint density at radius 3 is 2.71 bits per heavy atom. The van der Waals surface area contributed by atoms with E-state index in [-0.39, 0.29) is 11.5 Å². The Morgan fingerprint density at radius 1 is 1.47 bits per heavy atom. The van der Waals surface area contributed by atoms with E-state index in [1.165, 1.54) is 0 Å². The lowest BCUT2D eigenvalue weighted by molar-refractivity contribution is 0.0526. The van der Waals surface area contributed by atoms with Gasteiger partial charge in [0.1, 0.15) is 5.75 Å². The van der Waals surface area contributed by atoms with Crippen molar-refractivity contribution in [3.8, 4) is 5.75 Å². The lowest BCUT2D eigenvalue weighted by Crippen LogP contribution is -2.20. The fourth-order valence-corrected chi connectivity index (χ4v) is 1.84. The fourth-order valence-electron chi connectivity index (χ4n) is 1.84. The molecule has 1 aliphatic rings. The second-order valence-electron chi connectivity index (χ2n) is 4.29. The van der Waals surface area contributed by atoms with Crippen LogP contribution in [0.2, 0.25) is 0 Å². The molecule has 0 aromatic heterocycles. The number of carbonyl (C=O) groups is 1. The van der Waals surface area contributed by atoms with Gasteiger partial charge in [0.15, 0.2) is 0 Å². The zero-order chi connectivity index (χ0) is 12.5. The maximum atomic E-state index is 11.6. The largest absolute Gasteiger partial charge is 0.496 e. The summed E-state index contributed by atoms with van der Waals surface area (Å²) in [5.41, 5.74) is 7.25. The second kappa shape index (κ2) is 4.37. The molecular formula is C13H17NO3. The lowest BCUT2D eigenvalue weighted by atomic mass is 10.0. The van der Waals surface area contributed by atoms with Crippen molar-refractivity contribution >= 4 is 5.97 Å². The highest BCUT2D eigenvalue weighted by atomic mass is 16.5. The molecule has 4 heteroatoms. The first-order chi connectivity index (χ1) is 8.10. The van der Waals surface area contributed by atoms with Gasteiger partial charge >= 0.3 is 5.97 Å². The van der Waals surface area contributed by atoms with Crippen LogP contribution in [0.4, 0.5) is 0 Å². The van der Waals surface area contributed by atoms with Crippen molar-refractivity contribution in [2.75, 3.05) is 13.7 Å². The van der Waals surface area contributed by atoms with Gasteiger partial charge in [0, 0.05) is 11.1 Å². The third-order valence-corrected chi connectivity index (χ3v) is 3.04. The van der Waals surface area contributed by atoms with E-state index in [1.54, 1.807) is 32.2 Å². The Balaban J connectivity index is 2.35. The Bertz CT molecular complexity index is 438. The van der Waals surface area contributed by atoms with E-state index in [9.17, 15) is 4.79 Å². The summed E-state index contributed by atoms with van der Waals surface area (Å²) in [6.45, 7) is 2.15. The maximum Gasteiger partial charge on any atom is 0.338 e. The highest BCUT2D eigenvalue weighted by molar-refractivity contribution is 5.90. The van der Waals surface area contributed by atoms with Crippen LogP contribution in [-0.4, -0.2) is 19.7 Å². The average Bonchev–Trinajstić information content (AvgIpc) is 3.08. The molecular weight excluding hydrogens is 218 g/mol. The molecule has 1 fully saturated rings. The Kier molecular flexibility index (Phi) is 3.07. The highest BCUT2D eigenvalue weighted by Gasteiger charge is 2.42. The third-order valence-electron chi connectivity index (χ3n) is 3.04. The number of hydrogen-bond donors (Lipinski definition) is 1. The number of nitrogens with two attached hydrogens (primary N) is 1. The van der Waals surface area contributed by atoms with Crippen LogP contribution in [0.1, 0.15) is 35.7 Å². The second-order valence-corrected chi connectivity index (χ2v) is 4.29. The van der Waals surface area contributed by atoms with Crippen LogP contribution >= 0.6 is 0 Å². The van der Waals surface area contributed by atoms with Crippen LogP contribution in [0.3, 0.4) is 0 Å². The summed E-state index contributed by atoms with van der Waals surface area (Å²) in [6, 6.07) is 5.25. The van der Waals surface area contributed by atoms with Crippen molar-refractivity contribution in [2.45, 2.75) is 25.3 Å². The van der Waals surface area contributed by atoms with Crippen molar-refractivity contribution < 1.29 is 14.3 Å². The molecule has 0 aliphatic heterocycles. The molecule has 1 aliphatic carbocycles. The molecule has 2 rings (SSSR count). The molecule has 0 radical (unpaired) electrons. The molecule has 92 valence electrons. The predicted octanol–water partition coefficient (Wildman–Crippen LogP) is 1.82. The normalized spacial score (nSPS) is 16.4. The van der Waals surface area contributed by atoms with E-state index < -0.39 is 0 Å². The van der Waals surface area contributed by atoms with E-state index in [0.29, 0.717) is 12.2 Å². The number of ether oxygens (including phenoxy) is 2. The number of benzene rings is 1. The van der Waals surface area contributed by atoms with E-state index in [4.69, 9.17) is 15.2 Å². The molecule has 0 heterocycles. The van der Waals surface area contributed by atoms with Gasteiger partial charge in [-0.25, -0.2) is 4.79 Å². The van der Waals surface area contributed by atoms with Crippen molar-refractivity contribution in [1.29, 1.82) is 0 Å². The highest BCUT2D eigenvalue weighted by Crippen LogP contribution is 2.46. The van der Waals surface area contributed by atoms with Gasteiger partial charge in [0.05, 0.1) is 19.3 Å². The smallest absolute Gasteiger partial charge is 0.338 e. The summed E-state index contributed by atoms with van der Waals surface area (Å²) in [6.07, 6.45) is 1.85. The number of esters is 1. The summed E-state index contributed by atoms with van der Waals surface area (Å²) in [5.74, 6) is 0.415. The topological polar surface area (TPSA) is 61.5 Å². The van der Waals surface area contributed by atoms with Gasteiger partial charge in [0.25, 0.3) is 0 Å². The minimum Gasteiger partial charge on any atom is -0.496 e. The number of carbonyl (C=O) groups excluding carboxylic acids is 1. The van der Waals surface area contributed by atoms with E-state index in [2.05, 4.69) is 0 Å². The summed E-state index contributed by atoms with van der Waals surface area (Å²) in [4.78, 5) is 11.6. The van der Waals surface area contributed by atoms with E-state index >= 15 is 0 Å². The standard InChI is InChI=1S/C13H17NO3/c1-3-17-12(15)9-4-5-11(16-2)10(8-9)13(14)6-7-13/h4-5,8H,3,6-7,14H2,1-2H3. The minimum absolute atomic E-state index is 0.319. The van der Waals surface area contributed by atoms with E-state index in [0.717, 1.165) is 24.2 Å². The van der Waals surface area contributed by atoms with Crippen LogP contribution in [0.15, 0.2) is 18.2 Å². The van der Waals surface area contributed by atoms with Gasteiger partial charge in [-0.1, -0.05) is 0 Å². The molecule has 0 spiro atoms. The molecule has 0 saturated heterocycles. The minimum atomic E-state index is -0.326. The molecule has 0 amide bonds. The van der Waals surface area contributed by atoms with E-state index in [1.807, 2.05) is 0 Å². The van der Waals surface area contributed by atoms with Gasteiger partial charge in [-0.05, 0) is 38.0 Å². The SMILES string of the molecule is CCOC(=O)c1ccc(OC)c(C2(N)CC2)c1. The molecule has 0 atom stereocenters. The monoisotopic (exact) mass is 235 g/mol. The lowest BCUT2D eigenvalue weighted by Gasteiger charge is -2.15. The molecule has 17 heavy (non-hydrogen) atoms. The molecule has 4 nitrogen and oxygen atoms in total. The third kappa shape index (κ3) is 2.26. The van der Waals surface area contributed by atoms with Gasteiger partial charge < -0.3 is 15.2 Å². The summed E-state index contributed by atoms with van der Waals surface area (Å²) in [5, 5.41) is 0. The average molecular weight is 235 g/mol. The van der Waals surface area contributed by atoms with Crippen LogP contribution < -0.4 is 10.5 Å². The van der Waals surface area contributed by atoms with Crippen LogP contribution in [0, 0.1) is 0 Å². The van der Waals surface area contributed by atoms with Gasteiger partial charge in [-0.3, -0.25) is 0 Å². The molecule has 1 aromatic rings. The maximum absolute atomic E-state index is 11.6. The number of rotatable bonds is 4. The molecule has 0 bridgehead atoms. The first-order valence-electron chi connectivity index (χ1n) is 5.75. The molecule has 0 unspecified atom stereocenters.